The van der Waals surface area contributed by atoms with Crippen molar-refractivity contribution < 1.29 is 23.8 Å². The van der Waals surface area contributed by atoms with Gasteiger partial charge in [-0.15, -0.1) is 0 Å². The number of anilines is 1. The van der Waals surface area contributed by atoms with Gasteiger partial charge in [-0.05, 0) is 37.7 Å². The molecule has 9 heteroatoms. The van der Waals surface area contributed by atoms with E-state index in [9.17, 15) is 19.5 Å². The Bertz CT molecular complexity index is 1190. The minimum Gasteiger partial charge on any atom is -0.492 e. The van der Waals surface area contributed by atoms with E-state index in [2.05, 4.69) is 0 Å². The number of aromatic nitrogens is 1. The van der Waals surface area contributed by atoms with Crippen LogP contribution in [-0.4, -0.2) is 59.2 Å². The predicted octanol–water partition coefficient (Wildman–Crippen LogP) is 2.63. The molecule has 2 atom stereocenters. The van der Waals surface area contributed by atoms with Crippen molar-refractivity contribution in [2.45, 2.75) is 44.7 Å². The molecule has 5 rings (SSSR count). The van der Waals surface area contributed by atoms with Crippen LogP contribution in [0.4, 0.5) is 10.1 Å². The third-order valence-corrected chi connectivity index (χ3v) is 7.07. The summed E-state index contributed by atoms with van der Waals surface area (Å²) in [6.45, 7) is 3.36. The van der Waals surface area contributed by atoms with Crippen molar-refractivity contribution in [3.63, 3.8) is 0 Å². The summed E-state index contributed by atoms with van der Waals surface area (Å²) in [6.07, 6.45) is 4.96. The Morgan fingerprint density at radius 2 is 1.97 bits per heavy atom. The van der Waals surface area contributed by atoms with Gasteiger partial charge < -0.3 is 24.2 Å². The number of carbonyl (C=O) groups is 2. The third kappa shape index (κ3) is 3.13. The van der Waals surface area contributed by atoms with E-state index < -0.39 is 17.2 Å². The number of likely N-dealkylation sites (tertiary alicyclic amines) is 1. The largest absolute Gasteiger partial charge is 0.492 e. The fourth-order valence-electron chi connectivity index (χ4n) is 5.48. The topological polar surface area (TPSA) is 92.1 Å². The number of pyridine rings is 1. The lowest BCUT2D eigenvalue weighted by molar-refractivity contribution is -0.132. The van der Waals surface area contributed by atoms with Gasteiger partial charge in [-0.2, -0.15) is 0 Å². The van der Waals surface area contributed by atoms with Crippen LogP contribution in [-0.2, 0) is 4.79 Å². The quantitative estimate of drug-likeness (QED) is 0.781. The lowest BCUT2D eigenvalue weighted by Crippen LogP contribution is -2.47. The van der Waals surface area contributed by atoms with Gasteiger partial charge in [0.25, 0.3) is 0 Å². The van der Waals surface area contributed by atoms with E-state index in [1.165, 1.54) is 13.3 Å². The molecule has 0 bridgehead atoms. The predicted molar refractivity (Wildman–Crippen MR) is 116 cm³/mol. The van der Waals surface area contributed by atoms with Crippen LogP contribution in [0, 0.1) is 11.7 Å². The summed E-state index contributed by atoms with van der Waals surface area (Å²) in [4.78, 5) is 40.4. The normalized spacial score (nSPS) is 22.8. The SMILES string of the molecule is COc1c(N2CC3CCCN(C(C)=O)C3C2)c(F)cc2c(=O)c(C(=O)O)cn(C3CC3)c12. The third-order valence-electron chi connectivity index (χ3n) is 7.07. The van der Waals surface area contributed by atoms with E-state index in [1.54, 1.807) is 11.5 Å². The second-order valence-electron chi connectivity index (χ2n) is 9.04. The Balaban J connectivity index is 1.68. The van der Waals surface area contributed by atoms with Crippen molar-refractivity contribution in [1.82, 2.24) is 9.47 Å². The summed E-state index contributed by atoms with van der Waals surface area (Å²) in [5.41, 5.74) is -0.386. The van der Waals surface area contributed by atoms with Gasteiger partial charge in [-0.3, -0.25) is 9.59 Å². The number of amides is 1. The first kappa shape index (κ1) is 20.8. The molecular weight excluding hydrogens is 417 g/mol. The molecule has 3 heterocycles. The zero-order chi connectivity index (χ0) is 22.7. The summed E-state index contributed by atoms with van der Waals surface area (Å²) < 4.78 is 23.0. The Kier molecular flexibility index (Phi) is 4.87. The number of aromatic carboxylic acids is 1. The number of piperidine rings is 1. The van der Waals surface area contributed by atoms with Gasteiger partial charge in [-0.1, -0.05) is 0 Å². The molecule has 1 N–H and O–H groups in total. The highest BCUT2D eigenvalue weighted by atomic mass is 19.1. The van der Waals surface area contributed by atoms with Crippen LogP contribution in [0.25, 0.3) is 10.9 Å². The molecule has 32 heavy (non-hydrogen) atoms. The monoisotopic (exact) mass is 443 g/mol. The van der Waals surface area contributed by atoms with Gasteiger partial charge in [-0.25, -0.2) is 9.18 Å². The van der Waals surface area contributed by atoms with Gasteiger partial charge in [0.1, 0.15) is 11.3 Å². The number of carbonyl (C=O) groups excluding carboxylic acids is 1. The molecule has 0 spiro atoms. The van der Waals surface area contributed by atoms with Gasteiger partial charge in [0.15, 0.2) is 11.6 Å². The summed E-state index contributed by atoms with van der Waals surface area (Å²) in [7, 11) is 1.44. The zero-order valence-electron chi connectivity index (χ0n) is 18.1. The Morgan fingerprint density at radius 1 is 1.22 bits per heavy atom. The summed E-state index contributed by atoms with van der Waals surface area (Å²) >= 11 is 0. The first-order valence-electron chi connectivity index (χ1n) is 11.0. The number of halogens is 1. The molecule has 3 aliphatic rings. The van der Waals surface area contributed by atoms with Crippen molar-refractivity contribution >= 4 is 28.5 Å². The van der Waals surface area contributed by atoms with E-state index in [0.717, 1.165) is 31.7 Å². The minimum absolute atomic E-state index is 0.0110. The van der Waals surface area contributed by atoms with Crippen LogP contribution < -0.4 is 15.1 Å². The molecule has 3 fully saturated rings. The molecule has 2 unspecified atom stereocenters. The maximum Gasteiger partial charge on any atom is 0.341 e. The van der Waals surface area contributed by atoms with Crippen LogP contribution in [0.1, 0.15) is 49.0 Å². The second-order valence-corrected chi connectivity index (χ2v) is 9.04. The van der Waals surface area contributed by atoms with Crippen molar-refractivity contribution in [3.05, 3.63) is 33.9 Å². The maximum absolute atomic E-state index is 15.5. The van der Waals surface area contributed by atoms with Crippen LogP contribution in [0.2, 0.25) is 0 Å². The molecular formula is C23H26FN3O5. The molecule has 1 saturated carbocycles. The van der Waals surface area contributed by atoms with E-state index >= 15 is 4.39 Å². The average Bonchev–Trinajstić information content (AvgIpc) is 3.50. The average molecular weight is 443 g/mol. The fraction of sp³-hybridized carbons (Fsp3) is 0.522. The van der Waals surface area contributed by atoms with Gasteiger partial charge >= 0.3 is 5.97 Å². The highest BCUT2D eigenvalue weighted by Gasteiger charge is 2.42. The molecule has 2 aliphatic heterocycles. The molecule has 0 radical (unpaired) electrons. The number of fused-ring (bicyclic) bond motifs is 2. The number of hydrogen-bond acceptors (Lipinski definition) is 5. The molecule has 1 aromatic carbocycles. The Labute approximate surface area is 184 Å². The number of hydrogen-bond donors (Lipinski definition) is 1. The number of ether oxygens (including phenoxy) is 1. The van der Waals surface area contributed by atoms with Gasteiger partial charge in [0, 0.05) is 38.8 Å². The van der Waals surface area contributed by atoms with Crippen LogP contribution in [0.3, 0.4) is 0 Å². The maximum atomic E-state index is 15.5. The van der Waals surface area contributed by atoms with E-state index in [-0.39, 0.29) is 46.3 Å². The number of methoxy groups -OCH3 is 1. The second kappa shape index (κ2) is 7.50. The highest BCUT2D eigenvalue weighted by Crippen LogP contribution is 2.45. The summed E-state index contributed by atoms with van der Waals surface area (Å²) in [6, 6.07) is 1.21. The molecule has 170 valence electrons. The van der Waals surface area contributed by atoms with Crippen LogP contribution >= 0.6 is 0 Å². The lowest BCUT2D eigenvalue weighted by atomic mass is 9.92. The summed E-state index contributed by atoms with van der Waals surface area (Å²) in [5, 5.41) is 9.50. The standard InChI is InChI=1S/C23H26FN3O5/c1-12(28)26-7-3-4-13-9-25(11-18(13)26)20-17(24)8-15-19(22(20)32-2)27(14-5-6-14)10-16(21(15)29)23(30)31/h8,10,13-14,18H,3-7,9,11H2,1-2H3,(H,30,31). The van der Waals surface area contributed by atoms with E-state index in [4.69, 9.17) is 4.74 Å². The number of rotatable bonds is 4. The first-order chi connectivity index (χ1) is 15.3. The van der Waals surface area contributed by atoms with Gasteiger partial charge in [0.2, 0.25) is 11.3 Å². The number of carboxylic acid groups (broad SMARTS) is 1. The molecule has 1 amide bonds. The van der Waals surface area contributed by atoms with Crippen molar-refractivity contribution in [3.8, 4) is 5.75 Å². The van der Waals surface area contributed by atoms with Crippen molar-refractivity contribution in [2.75, 3.05) is 31.6 Å². The molecule has 8 nitrogen and oxygen atoms in total. The van der Waals surface area contributed by atoms with Crippen LogP contribution in [0.15, 0.2) is 17.1 Å². The fourth-order valence-corrected chi connectivity index (χ4v) is 5.48. The smallest absolute Gasteiger partial charge is 0.341 e. The number of nitrogens with zero attached hydrogens (tertiary/aromatic N) is 3. The minimum atomic E-state index is -1.33. The van der Waals surface area contributed by atoms with Crippen molar-refractivity contribution in [2.24, 2.45) is 5.92 Å². The molecule has 1 aliphatic carbocycles. The number of carboxylic acids is 1. The Morgan fingerprint density at radius 3 is 2.59 bits per heavy atom. The summed E-state index contributed by atoms with van der Waals surface area (Å²) in [5.74, 6) is -1.44. The molecule has 2 aromatic rings. The highest BCUT2D eigenvalue weighted by molar-refractivity contribution is 5.97. The van der Waals surface area contributed by atoms with E-state index in [1.807, 2.05) is 9.80 Å². The first-order valence-corrected chi connectivity index (χ1v) is 11.0. The lowest BCUT2D eigenvalue weighted by Gasteiger charge is -2.36. The Hall–Kier alpha value is -3.10. The van der Waals surface area contributed by atoms with E-state index in [0.29, 0.717) is 25.2 Å². The van der Waals surface area contributed by atoms with Gasteiger partial charge in [0.05, 0.1) is 24.1 Å². The van der Waals surface area contributed by atoms with Crippen molar-refractivity contribution in [1.29, 1.82) is 0 Å². The zero-order valence-corrected chi connectivity index (χ0v) is 18.1. The molecule has 2 saturated heterocycles. The number of benzene rings is 1. The van der Waals surface area contributed by atoms with Crippen LogP contribution in [0.5, 0.6) is 5.75 Å². The molecule has 1 aromatic heterocycles.